The van der Waals surface area contributed by atoms with Gasteiger partial charge in [-0.2, -0.15) is 0 Å². The minimum Gasteiger partial charge on any atom is -0.483 e. The van der Waals surface area contributed by atoms with Gasteiger partial charge in [0.25, 0.3) is 5.91 Å². The van der Waals surface area contributed by atoms with Crippen LogP contribution in [0.1, 0.15) is 25.8 Å². The molecule has 4 nitrogen and oxygen atoms in total. The molecule has 0 fully saturated rings. The van der Waals surface area contributed by atoms with Crippen molar-refractivity contribution in [3.05, 3.63) is 29.6 Å². The normalized spacial score (nSPS) is 10.7. The highest BCUT2D eigenvalue weighted by Crippen LogP contribution is 2.19. The van der Waals surface area contributed by atoms with Gasteiger partial charge in [0.2, 0.25) is 0 Å². The van der Waals surface area contributed by atoms with Crippen molar-refractivity contribution >= 4 is 5.91 Å². The largest absolute Gasteiger partial charge is 0.483 e. The number of ether oxygens (including phenoxy) is 1. The molecular formula is C15H23FN2O2. The number of carbonyl (C=O) groups excluding carboxylic acids is 1. The number of halogens is 1. The summed E-state index contributed by atoms with van der Waals surface area (Å²) < 4.78 is 18.6. The quantitative estimate of drug-likeness (QED) is 0.767. The van der Waals surface area contributed by atoms with Crippen molar-refractivity contribution < 1.29 is 13.9 Å². The second kappa shape index (κ2) is 8.53. The fourth-order valence-corrected chi connectivity index (χ4v) is 1.71. The van der Waals surface area contributed by atoms with Crippen molar-refractivity contribution in [2.45, 2.75) is 26.8 Å². The maximum Gasteiger partial charge on any atom is 0.257 e. The molecule has 0 aromatic heterocycles. The molecule has 2 N–H and O–H groups in total. The molecule has 112 valence electrons. The summed E-state index contributed by atoms with van der Waals surface area (Å²) in [6.07, 6.45) is 0.938. The zero-order valence-corrected chi connectivity index (χ0v) is 12.3. The first kappa shape index (κ1) is 16.4. The number of amides is 1. The monoisotopic (exact) mass is 282 g/mol. The minimum absolute atomic E-state index is 0.0551. The molecule has 5 heteroatoms. The van der Waals surface area contributed by atoms with Gasteiger partial charge >= 0.3 is 0 Å². The molecule has 0 radical (unpaired) electrons. The van der Waals surface area contributed by atoms with Gasteiger partial charge in [-0.1, -0.05) is 13.8 Å². The standard InChI is InChI=1S/C15H23FN2O2/c1-11(2)6-7-18-15(19)10-20-14-5-4-13(16)8-12(14)9-17-3/h4-5,8,11,17H,6-7,9-10H2,1-3H3,(H,18,19). The Bertz CT molecular complexity index is 436. The molecular weight excluding hydrogens is 259 g/mol. The van der Waals surface area contributed by atoms with E-state index in [0.717, 1.165) is 6.42 Å². The van der Waals surface area contributed by atoms with E-state index in [2.05, 4.69) is 24.5 Å². The lowest BCUT2D eigenvalue weighted by molar-refractivity contribution is -0.123. The van der Waals surface area contributed by atoms with Crippen LogP contribution in [0.2, 0.25) is 0 Å². The second-order valence-corrected chi connectivity index (χ2v) is 5.10. The maximum atomic E-state index is 13.1. The summed E-state index contributed by atoms with van der Waals surface area (Å²) in [6, 6.07) is 4.27. The summed E-state index contributed by atoms with van der Waals surface area (Å²) in [6.45, 7) is 5.28. The fourth-order valence-electron chi connectivity index (χ4n) is 1.71. The maximum absolute atomic E-state index is 13.1. The number of carbonyl (C=O) groups is 1. The van der Waals surface area contributed by atoms with Gasteiger partial charge in [0.1, 0.15) is 11.6 Å². The van der Waals surface area contributed by atoms with E-state index < -0.39 is 0 Å². The van der Waals surface area contributed by atoms with Crippen LogP contribution in [0.4, 0.5) is 4.39 Å². The zero-order valence-electron chi connectivity index (χ0n) is 12.3. The van der Waals surface area contributed by atoms with Crippen LogP contribution < -0.4 is 15.4 Å². The van der Waals surface area contributed by atoms with E-state index in [1.165, 1.54) is 12.1 Å². The molecule has 1 amide bonds. The van der Waals surface area contributed by atoms with Crippen molar-refractivity contribution in [3.8, 4) is 5.75 Å². The molecule has 1 aromatic carbocycles. The number of nitrogens with one attached hydrogen (secondary N) is 2. The van der Waals surface area contributed by atoms with Gasteiger partial charge in [-0.25, -0.2) is 4.39 Å². The first-order valence-electron chi connectivity index (χ1n) is 6.85. The number of hydrogen-bond donors (Lipinski definition) is 2. The summed E-state index contributed by atoms with van der Waals surface area (Å²) in [5.41, 5.74) is 0.697. The molecule has 0 spiro atoms. The highest BCUT2D eigenvalue weighted by Gasteiger charge is 2.08. The van der Waals surface area contributed by atoms with E-state index in [-0.39, 0.29) is 18.3 Å². The topological polar surface area (TPSA) is 50.4 Å². The Kier molecular flexibility index (Phi) is 7.01. The van der Waals surface area contributed by atoms with Crippen molar-refractivity contribution in [2.24, 2.45) is 5.92 Å². The fraction of sp³-hybridized carbons (Fsp3) is 0.533. The molecule has 20 heavy (non-hydrogen) atoms. The number of rotatable bonds is 8. The first-order chi connectivity index (χ1) is 9.52. The van der Waals surface area contributed by atoms with Crippen LogP contribution in [0.3, 0.4) is 0 Å². The number of hydrogen-bond acceptors (Lipinski definition) is 3. The molecule has 0 saturated heterocycles. The molecule has 0 bridgehead atoms. The summed E-state index contributed by atoms with van der Waals surface area (Å²) in [7, 11) is 1.77. The van der Waals surface area contributed by atoms with Crippen molar-refractivity contribution in [2.75, 3.05) is 20.2 Å². The van der Waals surface area contributed by atoms with Gasteiger partial charge in [-0.15, -0.1) is 0 Å². The molecule has 0 saturated carbocycles. The van der Waals surface area contributed by atoms with Gasteiger partial charge in [0.15, 0.2) is 6.61 Å². The molecule has 0 aliphatic carbocycles. The SMILES string of the molecule is CNCc1cc(F)ccc1OCC(=O)NCCC(C)C. The summed E-state index contributed by atoms with van der Waals surface area (Å²) in [5, 5.41) is 5.73. The predicted molar refractivity (Wildman–Crippen MR) is 77.1 cm³/mol. The van der Waals surface area contributed by atoms with Crippen LogP contribution in [0.5, 0.6) is 5.75 Å². The first-order valence-corrected chi connectivity index (χ1v) is 6.85. The van der Waals surface area contributed by atoms with E-state index in [0.29, 0.717) is 30.3 Å². The van der Waals surface area contributed by atoms with Crippen LogP contribution in [0.15, 0.2) is 18.2 Å². The van der Waals surface area contributed by atoms with Crippen molar-refractivity contribution in [3.63, 3.8) is 0 Å². The van der Waals surface area contributed by atoms with Crippen LogP contribution in [0.25, 0.3) is 0 Å². The van der Waals surface area contributed by atoms with E-state index >= 15 is 0 Å². The second-order valence-electron chi connectivity index (χ2n) is 5.10. The Balaban J connectivity index is 2.46. The van der Waals surface area contributed by atoms with E-state index in [9.17, 15) is 9.18 Å². The van der Waals surface area contributed by atoms with Crippen LogP contribution in [-0.4, -0.2) is 26.1 Å². The molecule has 0 heterocycles. The summed E-state index contributed by atoms with van der Waals surface area (Å²) in [4.78, 5) is 11.6. The lowest BCUT2D eigenvalue weighted by atomic mass is 10.1. The Labute approximate surface area is 119 Å². The Morgan fingerprint density at radius 3 is 2.80 bits per heavy atom. The molecule has 1 aromatic rings. The van der Waals surface area contributed by atoms with Gasteiger partial charge in [-0.3, -0.25) is 4.79 Å². The van der Waals surface area contributed by atoms with Gasteiger partial charge in [-0.05, 0) is 37.6 Å². The van der Waals surface area contributed by atoms with Crippen molar-refractivity contribution in [1.82, 2.24) is 10.6 Å². The predicted octanol–water partition coefficient (Wildman–Crippen LogP) is 2.09. The number of benzene rings is 1. The van der Waals surface area contributed by atoms with Gasteiger partial charge < -0.3 is 15.4 Å². The Morgan fingerprint density at radius 2 is 2.15 bits per heavy atom. The highest BCUT2D eigenvalue weighted by molar-refractivity contribution is 5.77. The molecule has 0 atom stereocenters. The van der Waals surface area contributed by atoms with Crippen LogP contribution in [-0.2, 0) is 11.3 Å². The Hall–Kier alpha value is -1.62. The molecule has 0 aliphatic rings. The third kappa shape index (κ3) is 6.02. The lowest BCUT2D eigenvalue weighted by Gasteiger charge is -2.12. The average molecular weight is 282 g/mol. The molecule has 0 aliphatic heterocycles. The van der Waals surface area contributed by atoms with Crippen LogP contribution >= 0.6 is 0 Å². The average Bonchev–Trinajstić information content (AvgIpc) is 2.37. The van der Waals surface area contributed by atoms with E-state index in [1.54, 1.807) is 13.1 Å². The zero-order chi connectivity index (χ0) is 15.0. The van der Waals surface area contributed by atoms with Gasteiger partial charge in [0.05, 0.1) is 0 Å². The summed E-state index contributed by atoms with van der Waals surface area (Å²) in [5.74, 6) is 0.602. The minimum atomic E-state index is -0.316. The molecule has 0 unspecified atom stereocenters. The highest BCUT2D eigenvalue weighted by atomic mass is 19.1. The summed E-state index contributed by atoms with van der Waals surface area (Å²) >= 11 is 0. The van der Waals surface area contributed by atoms with Crippen LogP contribution in [0, 0.1) is 11.7 Å². The molecule has 1 rings (SSSR count). The smallest absolute Gasteiger partial charge is 0.257 e. The Morgan fingerprint density at radius 1 is 1.40 bits per heavy atom. The lowest BCUT2D eigenvalue weighted by Crippen LogP contribution is -2.30. The van der Waals surface area contributed by atoms with Gasteiger partial charge in [0, 0.05) is 18.7 Å². The third-order valence-corrected chi connectivity index (χ3v) is 2.79. The van der Waals surface area contributed by atoms with Crippen molar-refractivity contribution in [1.29, 1.82) is 0 Å². The van der Waals surface area contributed by atoms with E-state index in [4.69, 9.17) is 4.74 Å². The van der Waals surface area contributed by atoms with E-state index in [1.807, 2.05) is 0 Å². The third-order valence-electron chi connectivity index (χ3n) is 2.79.